The fraction of sp³-hybridized carbons (Fsp3) is 0.722. The SMILES string of the molecule is CCNC(=NCC(C)c1c(C)noc1C)N1CCC(C(=O)OC)CC1. The third-order valence-electron chi connectivity index (χ3n) is 4.76. The maximum absolute atomic E-state index is 11.7. The lowest BCUT2D eigenvalue weighted by molar-refractivity contribution is -0.146. The van der Waals surface area contributed by atoms with Crippen LogP contribution in [0.1, 0.15) is 49.6 Å². The van der Waals surface area contributed by atoms with Gasteiger partial charge in [0.05, 0.1) is 18.7 Å². The van der Waals surface area contributed by atoms with Crippen molar-refractivity contribution in [1.82, 2.24) is 15.4 Å². The van der Waals surface area contributed by atoms with E-state index in [0.717, 1.165) is 55.5 Å². The molecule has 1 unspecified atom stereocenters. The van der Waals surface area contributed by atoms with E-state index in [4.69, 9.17) is 14.3 Å². The molecule has 7 heteroatoms. The summed E-state index contributed by atoms with van der Waals surface area (Å²) in [4.78, 5) is 18.7. The van der Waals surface area contributed by atoms with Gasteiger partial charge in [-0.25, -0.2) is 0 Å². The third kappa shape index (κ3) is 4.74. The van der Waals surface area contributed by atoms with Gasteiger partial charge in [0, 0.05) is 37.7 Å². The molecule has 1 atom stereocenters. The number of carbonyl (C=O) groups is 1. The van der Waals surface area contributed by atoms with Crippen LogP contribution < -0.4 is 5.32 Å². The minimum absolute atomic E-state index is 0.00496. The summed E-state index contributed by atoms with van der Waals surface area (Å²) in [5.74, 6) is 1.92. The Balaban J connectivity index is 2.00. The van der Waals surface area contributed by atoms with Gasteiger partial charge in [0.15, 0.2) is 5.96 Å². The number of aryl methyl sites for hydroxylation is 2. The second kappa shape index (κ2) is 8.87. The molecule has 1 aromatic heterocycles. The van der Waals surface area contributed by atoms with Gasteiger partial charge in [-0.05, 0) is 33.6 Å². The van der Waals surface area contributed by atoms with E-state index in [0.29, 0.717) is 6.54 Å². The van der Waals surface area contributed by atoms with E-state index < -0.39 is 0 Å². The second-order valence-electron chi connectivity index (χ2n) is 6.62. The number of piperidine rings is 1. The van der Waals surface area contributed by atoms with E-state index in [1.165, 1.54) is 7.11 Å². The molecule has 140 valence electrons. The van der Waals surface area contributed by atoms with E-state index in [2.05, 4.69) is 29.2 Å². The molecule has 25 heavy (non-hydrogen) atoms. The maximum Gasteiger partial charge on any atom is 0.308 e. The van der Waals surface area contributed by atoms with Crippen LogP contribution >= 0.6 is 0 Å². The highest BCUT2D eigenvalue weighted by Crippen LogP contribution is 2.23. The van der Waals surface area contributed by atoms with Crippen LogP contribution in [0.3, 0.4) is 0 Å². The van der Waals surface area contributed by atoms with Crippen molar-refractivity contribution in [3.05, 3.63) is 17.0 Å². The first-order valence-corrected chi connectivity index (χ1v) is 9.01. The summed E-state index contributed by atoms with van der Waals surface area (Å²) in [7, 11) is 1.45. The predicted molar refractivity (Wildman–Crippen MR) is 96.7 cm³/mol. The minimum Gasteiger partial charge on any atom is -0.469 e. The number of carbonyl (C=O) groups excluding carboxylic acids is 1. The van der Waals surface area contributed by atoms with Crippen molar-refractivity contribution in [3.63, 3.8) is 0 Å². The Labute approximate surface area is 149 Å². The second-order valence-corrected chi connectivity index (χ2v) is 6.62. The average Bonchev–Trinajstić information content (AvgIpc) is 2.96. The van der Waals surface area contributed by atoms with Gasteiger partial charge in [-0.2, -0.15) is 0 Å². The number of nitrogens with zero attached hydrogens (tertiary/aromatic N) is 3. The average molecular weight is 350 g/mol. The van der Waals surface area contributed by atoms with Crippen LogP contribution in [0.15, 0.2) is 9.52 Å². The molecule has 0 radical (unpaired) electrons. The Kier molecular flexibility index (Phi) is 6.84. The molecule has 0 aliphatic carbocycles. The van der Waals surface area contributed by atoms with Gasteiger partial charge in [0.2, 0.25) is 0 Å². The van der Waals surface area contributed by atoms with Crippen LogP contribution in [0.25, 0.3) is 0 Å². The molecule has 0 bridgehead atoms. The number of nitrogens with one attached hydrogen (secondary N) is 1. The van der Waals surface area contributed by atoms with Gasteiger partial charge >= 0.3 is 5.97 Å². The summed E-state index contributed by atoms with van der Waals surface area (Å²) in [5, 5.41) is 7.39. The summed E-state index contributed by atoms with van der Waals surface area (Å²) in [6.45, 7) is 11.2. The van der Waals surface area contributed by atoms with E-state index in [1.807, 2.05) is 13.8 Å². The molecule has 2 rings (SSSR count). The van der Waals surface area contributed by atoms with Crippen molar-refractivity contribution in [2.75, 3.05) is 33.3 Å². The third-order valence-corrected chi connectivity index (χ3v) is 4.76. The van der Waals surface area contributed by atoms with Crippen LogP contribution in [-0.4, -0.2) is 55.3 Å². The van der Waals surface area contributed by atoms with Gasteiger partial charge in [-0.15, -0.1) is 0 Å². The summed E-state index contributed by atoms with van der Waals surface area (Å²) >= 11 is 0. The molecule has 0 aromatic carbocycles. The first-order valence-electron chi connectivity index (χ1n) is 9.01. The molecule has 1 aliphatic rings. The number of ether oxygens (including phenoxy) is 1. The molecule has 2 heterocycles. The number of aliphatic imine (C=N–C) groups is 1. The zero-order valence-electron chi connectivity index (χ0n) is 16.0. The van der Waals surface area contributed by atoms with Crippen LogP contribution in [0.5, 0.6) is 0 Å². The summed E-state index contributed by atoms with van der Waals surface area (Å²) in [5.41, 5.74) is 2.08. The van der Waals surface area contributed by atoms with Crippen molar-refractivity contribution in [2.45, 2.75) is 46.5 Å². The lowest BCUT2D eigenvalue weighted by atomic mass is 9.97. The quantitative estimate of drug-likeness (QED) is 0.498. The van der Waals surface area contributed by atoms with Gasteiger partial charge in [-0.1, -0.05) is 12.1 Å². The smallest absolute Gasteiger partial charge is 0.308 e. The highest BCUT2D eigenvalue weighted by molar-refractivity contribution is 5.80. The number of likely N-dealkylation sites (tertiary alicyclic amines) is 1. The number of guanidine groups is 1. The number of aromatic nitrogens is 1. The highest BCUT2D eigenvalue weighted by atomic mass is 16.5. The predicted octanol–water partition coefficient (Wildman–Crippen LogP) is 2.25. The number of rotatable bonds is 5. The summed E-state index contributed by atoms with van der Waals surface area (Å²) < 4.78 is 10.1. The maximum atomic E-state index is 11.7. The summed E-state index contributed by atoms with van der Waals surface area (Å²) in [6.07, 6.45) is 1.60. The Bertz CT molecular complexity index is 584. The van der Waals surface area contributed by atoms with Crippen molar-refractivity contribution in [3.8, 4) is 0 Å². The largest absolute Gasteiger partial charge is 0.469 e. The van der Waals surface area contributed by atoms with Crippen LogP contribution in [0.4, 0.5) is 0 Å². The number of hydrogen-bond acceptors (Lipinski definition) is 5. The fourth-order valence-corrected chi connectivity index (χ4v) is 3.43. The van der Waals surface area contributed by atoms with Gasteiger partial charge in [0.25, 0.3) is 0 Å². The topological polar surface area (TPSA) is 80.0 Å². The van der Waals surface area contributed by atoms with Crippen molar-refractivity contribution < 1.29 is 14.1 Å². The van der Waals surface area contributed by atoms with E-state index >= 15 is 0 Å². The molecule has 0 spiro atoms. The monoisotopic (exact) mass is 350 g/mol. The normalized spacial score (nSPS) is 17.5. The molecule has 1 saturated heterocycles. The molecular weight excluding hydrogens is 320 g/mol. The Morgan fingerprint density at radius 3 is 2.64 bits per heavy atom. The fourth-order valence-electron chi connectivity index (χ4n) is 3.43. The van der Waals surface area contributed by atoms with Crippen molar-refractivity contribution in [1.29, 1.82) is 0 Å². The minimum atomic E-state index is -0.103. The first-order chi connectivity index (χ1) is 12.0. The van der Waals surface area contributed by atoms with Gasteiger partial charge in [-0.3, -0.25) is 9.79 Å². The Hall–Kier alpha value is -2.05. The molecule has 1 fully saturated rings. The first kappa shape index (κ1) is 19.3. The highest BCUT2D eigenvalue weighted by Gasteiger charge is 2.27. The lowest BCUT2D eigenvalue weighted by Gasteiger charge is -2.33. The molecule has 0 amide bonds. The van der Waals surface area contributed by atoms with Crippen molar-refractivity contribution >= 4 is 11.9 Å². The lowest BCUT2D eigenvalue weighted by Crippen LogP contribution is -2.46. The number of esters is 1. The molecule has 1 N–H and O–H groups in total. The van der Waals surface area contributed by atoms with E-state index in [-0.39, 0.29) is 17.8 Å². The van der Waals surface area contributed by atoms with Gasteiger partial charge in [0.1, 0.15) is 5.76 Å². The molecule has 0 saturated carbocycles. The Morgan fingerprint density at radius 1 is 1.44 bits per heavy atom. The zero-order valence-corrected chi connectivity index (χ0v) is 16.0. The van der Waals surface area contributed by atoms with E-state index in [1.54, 1.807) is 0 Å². The molecule has 1 aromatic rings. The number of methoxy groups -OCH3 is 1. The van der Waals surface area contributed by atoms with Crippen LogP contribution in [0.2, 0.25) is 0 Å². The molecule has 1 aliphatic heterocycles. The zero-order chi connectivity index (χ0) is 18.4. The van der Waals surface area contributed by atoms with Gasteiger partial charge < -0.3 is 19.5 Å². The van der Waals surface area contributed by atoms with E-state index in [9.17, 15) is 4.79 Å². The summed E-state index contributed by atoms with van der Waals surface area (Å²) in [6, 6.07) is 0. The van der Waals surface area contributed by atoms with Crippen LogP contribution in [-0.2, 0) is 9.53 Å². The standard InChI is InChI=1S/C18H30N4O3/c1-6-19-18(22-9-7-15(8-10-22)17(23)24-5)20-11-12(2)16-13(3)21-25-14(16)4/h12,15H,6-11H2,1-5H3,(H,19,20). The number of hydrogen-bond donors (Lipinski definition) is 1. The molecule has 7 nitrogen and oxygen atoms in total. The Morgan fingerprint density at radius 2 is 2.12 bits per heavy atom. The van der Waals surface area contributed by atoms with Crippen LogP contribution in [0, 0.1) is 19.8 Å². The van der Waals surface area contributed by atoms with Crippen molar-refractivity contribution in [2.24, 2.45) is 10.9 Å². The molecular formula is C18H30N4O3.